The molecule has 12 heteroatoms. The maximum atomic E-state index is 13.1. The lowest BCUT2D eigenvalue weighted by Gasteiger charge is -2.13. The summed E-state index contributed by atoms with van der Waals surface area (Å²) in [6.45, 7) is 1.09. The number of nitrogens with zero attached hydrogens (tertiary/aromatic N) is 4. The van der Waals surface area contributed by atoms with Crippen molar-refractivity contribution in [1.82, 2.24) is 19.9 Å². The molecule has 1 aliphatic rings. The Morgan fingerprint density at radius 1 is 0.929 bits per heavy atom. The minimum absolute atomic E-state index is 0.115. The van der Waals surface area contributed by atoms with Crippen molar-refractivity contribution < 1.29 is 18.8 Å². The van der Waals surface area contributed by atoms with Crippen LogP contribution in [-0.2, 0) is 13.1 Å². The Kier molecular flexibility index (Phi) is 7.36. The summed E-state index contributed by atoms with van der Waals surface area (Å²) in [5.41, 5.74) is 3.11. The first kappa shape index (κ1) is 27.1. The molecule has 2 aromatic heterocycles. The number of aryl methyl sites for hydroxylation is 1. The molecule has 0 fully saturated rings. The summed E-state index contributed by atoms with van der Waals surface area (Å²) in [7, 11) is 0. The second-order valence-corrected chi connectivity index (χ2v) is 10.6. The number of anilines is 2. The first-order valence-corrected chi connectivity index (χ1v) is 13.9. The molecule has 0 saturated carbocycles. The highest BCUT2D eigenvalue weighted by Crippen LogP contribution is 2.27. The third kappa shape index (κ3) is 5.44. The topological polar surface area (TPSA) is 146 Å². The van der Waals surface area contributed by atoms with E-state index >= 15 is 0 Å². The van der Waals surface area contributed by atoms with Crippen LogP contribution in [0.2, 0.25) is 0 Å². The van der Waals surface area contributed by atoms with E-state index in [1.807, 2.05) is 24.3 Å². The summed E-state index contributed by atoms with van der Waals surface area (Å²) in [5, 5.41) is 23.4. The number of carbonyl (C=O) groups is 3. The number of rotatable bonds is 9. The number of benzene rings is 3. The van der Waals surface area contributed by atoms with Gasteiger partial charge in [0.2, 0.25) is 5.55 Å². The van der Waals surface area contributed by atoms with Gasteiger partial charge in [0.1, 0.15) is 16.8 Å². The number of hydrogen-bond donors (Lipinski definition) is 3. The third-order valence-corrected chi connectivity index (χ3v) is 7.34. The van der Waals surface area contributed by atoms with Gasteiger partial charge in [-0.1, -0.05) is 51.5 Å². The molecular weight excluding hydrogens is 602 g/mol. The van der Waals surface area contributed by atoms with E-state index in [0.717, 1.165) is 9.86 Å². The molecule has 0 spiro atoms. The standard InChI is InChI=1S/C30H24BrN7O4/c31-19-10-11-24(25(15-19)34-28(39)23-14-18-6-1-4-9-26(18)42-27(23)32)33-16-20-17-37(36-35-20)12-5-13-38-29(40)21-7-2-3-8-22(21)30(38)41/h1-4,6-11,14-15,17,32-33H,5,12-13,16H2,(H,34,39). The first-order valence-electron chi connectivity index (χ1n) is 13.1. The van der Waals surface area contributed by atoms with Crippen LogP contribution < -0.4 is 16.2 Å². The fourth-order valence-electron chi connectivity index (χ4n) is 4.76. The van der Waals surface area contributed by atoms with Crippen LogP contribution in [0.5, 0.6) is 0 Å². The third-order valence-electron chi connectivity index (χ3n) is 6.84. The number of para-hydroxylation sites is 1. The maximum absolute atomic E-state index is 13.1. The molecule has 0 bridgehead atoms. The van der Waals surface area contributed by atoms with E-state index < -0.39 is 5.91 Å². The molecule has 11 nitrogen and oxygen atoms in total. The summed E-state index contributed by atoms with van der Waals surface area (Å²) in [4.78, 5) is 39.5. The van der Waals surface area contributed by atoms with Crippen LogP contribution in [0, 0.1) is 5.41 Å². The molecule has 0 aliphatic carbocycles. The van der Waals surface area contributed by atoms with Gasteiger partial charge in [-0.2, -0.15) is 0 Å². The fourth-order valence-corrected chi connectivity index (χ4v) is 5.12. The van der Waals surface area contributed by atoms with Crippen molar-refractivity contribution in [2.24, 2.45) is 0 Å². The van der Waals surface area contributed by atoms with Gasteiger partial charge in [-0.05, 0) is 48.9 Å². The molecule has 3 aromatic carbocycles. The molecule has 42 heavy (non-hydrogen) atoms. The second-order valence-electron chi connectivity index (χ2n) is 9.66. The minimum atomic E-state index is -0.473. The van der Waals surface area contributed by atoms with Gasteiger partial charge in [-0.3, -0.25) is 29.4 Å². The highest BCUT2D eigenvalue weighted by atomic mass is 79.9. The Labute approximate surface area is 247 Å². The highest BCUT2D eigenvalue weighted by Gasteiger charge is 2.34. The molecule has 0 radical (unpaired) electrons. The molecule has 3 N–H and O–H groups in total. The van der Waals surface area contributed by atoms with Crippen molar-refractivity contribution in [3.63, 3.8) is 0 Å². The lowest BCUT2D eigenvalue weighted by Crippen LogP contribution is -2.31. The number of fused-ring (bicyclic) bond motifs is 2. The quantitative estimate of drug-likeness (QED) is 0.199. The Bertz CT molecular complexity index is 1880. The smallest absolute Gasteiger partial charge is 0.261 e. The van der Waals surface area contributed by atoms with Crippen LogP contribution in [-0.4, -0.2) is 44.2 Å². The molecule has 6 rings (SSSR count). The summed E-state index contributed by atoms with van der Waals surface area (Å²) in [6.07, 6.45) is 2.32. The predicted octanol–water partition coefficient (Wildman–Crippen LogP) is 4.82. The Morgan fingerprint density at radius 2 is 1.67 bits per heavy atom. The molecular formula is C30H24BrN7O4. The average Bonchev–Trinajstić information content (AvgIpc) is 3.54. The average molecular weight is 626 g/mol. The number of imide groups is 1. The van der Waals surface area contributed by atoms with Crippen molar-refractivity contribution >= 4 is 56.0 Å². The Balaban J connectivity index is 1.07. The van der Waals surface area contributed by atoms with E-state index in [2.05, 4.69) is 36.9 Å². The molecule has 0 unspecified atom stereocenters. The van der Waals surface area contributed by atoms with Crippen LogP contribution in [0.1, 0.15) is 43.2 Å². The van der Waals surface area contributed by atoms with Crippen LogP contribution in [0.4, 0.5) is 11.4 Å². The normalized spacial score (nSPS) is 12.5. The number of carbonyl (C=O) groups excluding carboxylic acids is 3. The zero-order valence-electron chi connectivity index (χ0n) is 22.1. The van der Waals surface area contributed by atoms with Crippen LogP contribution in [0.3, 0.4) is 0 Å². The molecule has 1 aliphatic heterocycles. The van der Waals surface area contributed by atoms with E-state index in [4.69, 9.17) is 9.83 Å². The Hall–Kier alpha value is -5.10. The van der Waals surface area contributed by atoms with Crippen LogP contribution in [0.15, 0.2) is 87.9 Å². The van der Waals surface area contributed by atoms with Crippen molar-refractivity contribution in [3.05, 3.63) is 111 Å². The van der Waals surface area contributed by atoms with Crippen LogP contribution in [0.25, 0.3) is 11.0 Å². The first-order chi connectivity index (χ1) is 20.4. The fraction of sp³-hybridized carbons (Fsp3) is 0.133. The van der Waals surface area contributed by atoms with Gasteiger partial charge in [0.25, 0.3) is 17.7 Å². The number of aromatic nitrogens is 3. The van der Waals surface area contributed by atoms with Crippen LogP contribution >= 0.6 is 15.9 Å². The number of nitrogens with one attached hydrogen (secondary N) is 3. The van der Waals surface area contributed by atoms with Gasteiger partial charge in [-0.25, -0.2) is 0 Å². The van der Waals surface area contributed by atoms with Gasteiger partial charge in [0.15, 0.2) is 0 Å². The lowest BCUT2D eigenvalue weighted by atomic mass is 10.1. The SMILES string of the molecule is N=c1oc2ccccc2cc1C(=O)Nc1cc(Br)ccc1NCc1cn(CCCN2C(=O)c3ccccc3C2=O)nn1. The highest BCUT2D eigenvalue weighted by molar-refractivity contribution is 9.10. The summed E-state index contributed by atoms with van der Waals surface area (Å²) < 4.78 is 7.95. The molecule has 210 valence electrons. The molecule has 3 amide bonds. The number of amides is 3. The predicted molar refractivity (Wildman–Crippen MR) is 158 cm³/mol. The molecule has 0 atom stereocenters. The minimum Gasteiger partial charge on any atom is -0.438 e. The zero-order chi connectivity index (χ0) is 29.2. The summed E-state index contributed by atoms with van der Waals surface area (Å²) >= 11 is 3.45. The van der Waals surface area contributed by atoms with Crippen molar-refractivity contribution in [2.45, 2.75) is 19.5 Å². The van der Waals surface area contributed by atoms with Gasteiger partial charge < -0.3 is 15.1 Å². The van der Waals surface area contributed by atoms with E-state index in [0.29, 0.717) is 53.3 Å². The summed E-state index contributed by atoms with van der Waals surface area (Å²) in [5.74, 6) is -1.02. The van der Waals surface area contributed by atoms with Gasteiger partial charge in [0, 0.05) is 22.9 Å². The molecule has 5 aromatic rings. The summed E-state index contributed by atoms with van der Waals surface area (Å²) in [6, 6.07) is 21.1. The van der Waals surface area contributed by atoms with Crippen molar-refractivity contribution in [1.29, 1.82) is 5.41 Å². The van der Waals surface area contributed by atoms with E-state index in [1.165, 1.54) is 4.90 Å². The zero-order valence-corrected chi connectivity index (χ0v) is 23.7. The number of hydrogen-bond acceptors (Lipinski definition) is 8. The van der Waals surface area contributed by atoms with Gasteiger partial charge in [0.05, 0.1) is 35.2 Å². The van der Waals surface area contributed by atoms with Crippen molar-refractivity contribution in [3.8, 4) is 0 Å². The van der Waals surface area contributed by atoms with Crippen molar-refractivity contribution in [2.75, 3.05) is 17.2 Å². The number of halogens is 1. The Morgan fingerprint density at radius 3 is 2.45 bits per heavy atom. The van der Waals surface area contributed by atoms with E-state index in [-0.39, 0.29) is 29.5 Å². The van der Waals surface area contributed by atoms with E-state index in [9.17, 15) is 14.4 Å². The maximum Gasteiger partial charge on any atom is 0.261 e. The second kappa shape index (κ2) is 11.4. The monoisotopic (exact) mass is 625 g/mol. The largest absolute Gasteiger partial charge is 0.438 e. The molecule has 3 heterocycles. The van der Waals surface area contributed by atoms with Gasteiger partial charge >= 0.3 is 0 Å². The molecule has 0 saturated heterocycles. The van der Waals surface area contributed by atoms with E-state index in [1.54, 1.807) is 59.4 Å². The van der Waals surface area contributed by atoms with Gasteiger partial charge in [-0.15, -0.1) is 5.10 Å². The lowest BCUT2D eigenvalue weighted by molar-refractivity contribution is 0.0650.